The van der Waals surface area contributed by atoms with E-state index in [1.807, 2.05) is 24.3 Å². The molecular weight excluding hydrogens is 272 g/mol. The predicted molar refractivity (Wildman–Crippen MR) is 77.6 cm³/mol. The Labute approximate surface area is 122 Å². The van der Waals surface area contributed by atoms with E-state index in [4.69, 9.17) is 9.84 Å². The van der Waals surface area contributed by atoms with Crippen LogP contribution in [0.2, 0.25) is 0 Å². The second-order valence-electron chi connectivity index (χ2n) is 5.29. The standard InChI is InChI=1S/C15H18N2O4/c18-14-13(15(19)20)5-6-17(14)12-3-1-11(2-4-12)16-7-9-21-10-8-16/h1-4,13H,5-10H2,(H,19,20). The van der Waals surface area contributed by atoms with Crippen molar-refractivity contribution in [3.8, 4) is 0 Å². The van der Waals surface area contributed by atoms with Crippen molar-refractivity contribution in [3.05, 3.63) is 24.3 Å². The number of rotatable bonds is 3. The molecule has 0 bridgehead atoms. The first-order valence-corrected chi connectivity index (χ1v) is 7.14. The summed E-state index contributed by atoms with van der Waals surface area (Å²) in [6, 6.07) is 7.71. The summed E-state index contributed by atoms with van der Waals surface area (Å²) >= 11 is 0. The number of ether oxygens (including phenoxy) is 1. The van der Waals surface area contributed by atoms with Gasteiger partial charge in [-0.3, -0.25) is 9.59 Å². The third-order valence-electron chi connectivity index (χ3n) is 4.04. The van der Waals surface area contributed by atoms with Gasteiger partial charge in [0.2, 0.25) is 5.91 Å². The van der Waals surface area contributed by atoms with Crippen LogP contribution in [0.25, 0.3) is 0 Å². The highest BCUT2D eigenvalue weighted by Gasteiger charge is 2.37. The van der Waals surface area contributed by atoms with Gasteiger partial charge in [-0.25, -0.2) is 0 Å². The Morgan fingerprint density at radius 2 is 1.71 bits per heavy atom. The second kappa shape index (κ2) is 5.73. The molecular formula is C15H18N2O4. The molecule has 6 nitrogen and oxygen atoms in total. The molecule has 2 heterocycles. The number of benzene rings is 1. The molecule has 1 aromatic rings. The highest BCUT2D eigenvalue weighted by molar-refractivity contribution is 6.07. The quantitative estimate of drug-likeness (QED) is 0.840. The maximum absolute atomic E-state index is 12.1. The molecule has 2 aliphatic rings. The normalized spacial score (nSPS) is 22.7. The number of aliphatic carboxylic acids is 1. The van der Waals surface area contributed by atoms with Crippen molar-refractivity contribution in [3.63, 3.8) is 0 Å². The van der Waals surface area contributed by atoms with E-state index in [1.54, 1.807) is 4.90 Å². The molecule has 2 saturated heterocycles. The summed E-state index contributed by atoms with van der Waals surface area (Å²) in [6.45, 7) is 3.65. The van der Waals surface area contributed by atoms with Gasteiger partial charge >= 0.3 is 5.97 Å². The number of anilines is 2. The lowest BCUT2D eigenvalue weighted by molar-refractivity contribution is -0.144. The van der Waals surface area contributed by atoms with Crippen molar-refractivity contribution < 1.29 is 19.4 Å². The molecule has 21 heavy (non-hydrogen) atoms. The zero-order chi connectivity index (χ0) is 14.8. The molecule has 0 radical (unpaired) electrons. The largest absolute Gasteiger partial charge is 0.481 e. The fraction of sp³-hybridized carbons (Fsp3) is 0.467. The molecule has 2 aliphatic heterocycles. The van der Waals surface area contributed by atoms with E-state index in [1.165, 1.54) is 0 Å². The topological polar surface area (TPSA) is 70.1 Å². The van der Waals surface area contributed by atoms with Gasteiger partial charge in [-0.05, 0) is 30.7 Å². The Kier molecular flexibility index (Phi) is 3.79. The molecule has 0 aliphatic carbocycles. The Balaban J connectivity index is 1.72. The fourth-order valence-electron chi connectivity index (χ4n) is 2.83. The van der Waals surface area contributed by atoms with Crippen molar-refractivity contribution in [2.45, 2.75) is 6.42 Å². The molecule has 0 saturated carbocycles. The smallest absolute Gasteiger partial charge is 0.316 e. The lowest BCUT2D eigenvalue weighted by Crippen LogP contribution is -2.36. The van der Waals surface area contributed by atoms with Gasteiger partial charge in [-0.15, -0.1) is 0 Å². The van der Waals surface area contributed by atoms with Crippen molar-refractivity contribution in [2.24, 2.45) is 5.92 Å². The van der Waals surface area contributed by atoms with E-state index in [-0.39, 0.29) is 5.91 Å². The van der Waals surface area contributed by atoms with E-state index < -0.39 is 11.9 Å². The monoisotopic (exact) mass is 290 g/mol. The molecule has 1 amide bonds. The minimum absolute atomic E-state index is 0.318. The number of carbonyl (C=O) groups excluding carboxylic acids is 1. The second-order valence-corrected chi connectivity index (χ2v) is 5.29. The van der Waals surface area contributed by atoms with Crippen LogP contribution >= 0.6 is 0 Å². The van der Waals surface area contributed by atoms with Gasteiger partial charge in [-0.1, -0.05) is 0 Å². The van der Waals surface area contributed by atoms with Crippen LogP contribution in [0, 0.1) is 5.92 Å². The van der Waals surface area contributed by atoms with Gasteiger partial charge in [0.05, 0.1) is 13.2 Å². The predicted octanol–water partition coefficient (Wildman–Crippen LogP) is 0.961. The van der Waals surface area contributed by atoms with Gasteiger partial charge in [0, 0.05) is 31.0 Å². The number of hydrogen-bond donors (Lipinski definition) is 1. The van der Waals surface area contributed by atoms with Crippen LogP contribution in [0.3, 0.4) is 0 Å². The zero-order valence-corrected chi connectivity index (χ0v) is 11.7. The zero-order valence-electron chi connectivity index (χ0n) is 11.7. The summed E-state index contributed by atoms with van der Waals surface area (Å²) in [7, 11) is 0. The third kappa shape index (κ3) is 2.71. The summed E-state index contributed by atoms with van der Waals surface area (Å²) in [5.74, 6) is -2.25. The van der Waals surface area contributed by atoms with Gasteiger partial charge < -0.3 is 19.6 Å². The number of carboxylic acids is 1. The SMILES string of the molecule is O=C(O)C1CCN(c2ccc(N3CCOCC3)cc2)C1=O. The van der Waals surface area contributed by atoms with Crippen molar-refractivity contribution in [1.82, 2.24) is 0 Å². The molecule has 2 fully saturated rings. The van der Waals surface area contributed by atoms with E-state index in [9.17, 15) is 9.59 Å². The molecule has 1 N–H and O–H groups in total. The Morgan fingerprint density at radius 1 is 1.10 bits per heavy atom. The minimum atomic E-state index is -1.03. The third-order valence-corrected chi connectivity index (χ3v) is 4.04. The van der Waals surface area contributed by atoms with Crippen LogP contribution in [0.15, 0.2) is 24.3 Å². The molecule has 0 aromatic heterocycles. The molecule has 6 heteroatoms. The highest BCUT2D eigenvalue weighted by Crippen LogP contribution is 2.27. The van der Waals surface area contributed by atoms with Crippen LogP contribution in [-0.2, 0) is 14.3 Å². The van der Waals surface area contributed by atoms with Gasteiger partial charge in [-0.2, -0.15) is 0 Å². The van der Waals surface area contributed by atoms with Crippen molar-refractivity contribution in [2.75, 3.05) is 42.6 Å². The fourth-order valence-corrected chi connectivity index (χ4v) is 2.83. The lowest BCUT2D eigenvalue weighted by Gasteiger charge is -2.29. The maximum atomic E-state index is 12.1. The molecule has 1 unspecified atom stereocenters. The molecule has 3 rings (SSSR count). The van der Waals surface area contributed by atoms with Crippen LogP contribution in [0.4, 0.5) is 11.4 Å². The summed E-state index contributed by atoms with van der Waals surface area (Å²) in [6.07, 6.45) is 0.374. The number of amides is 1. The first-order chi connectivity index (χ1) is 10.2. The van der Waals surface area contributed by atoms with Crippen molar-refractivity contribution in [1.29, 1.82) is 0 Å². The molecule has 1 atom stereocenters. The summed E-state index contributed by atoms with van der Waals surface area (Å²) in [5.41, 5.74) is 1.87. The molecule has 1 aromatic carbocycles. The van der Waals surface area contributed by atoms with Gasteiger partial charge in [0.1, 0.15) is 5.92 Å². The first-order valence-electron chi connectivity index (χ1n) is 7.14. The van der Waals surface area contributed by atoms with Crippen LogP contribution in [-0.4, -0.2) is 49.8 Å². The average Bonchev–Trinajstić information content (AvgIpc) is 2.90. The van der Waals surface area contributed by atoms with Crippen molar-refractivity contribution >= 4 is 23.3 Å². The number of hydrogen-bond acceptors (Lipinski definition) is 4. The van der Waals surface area contributed by atoms with Crippen LogP contribution < -0.4 is 9.80 Å². The number of carbonyl (C=O) groups is 2. The summed E-state index contributed by atoms with van der Waals surface area (Å²) in [5, 5.41) is 9.00. The van der Waals surface area contributed by atoms with Gasteiger partial charge in [0.15, 0.2) is 0 Å². The minimum Gasteiger partial charge on any atom is -0.481 e. The Hall–Kier alpha value is -2.08. The van der Waals surface area contributed by atoms with E-state index in [0.29, 0.717) is 13.0 Å². The highest BCUT2D eigenvalue weighted by atomic mass is 16.5. The van der Waals surface area contributed by atoms with Crippen LogP contribution in [0.1, 0.15) is 6.42 Å². The lowest BCUT2D eigenvalue weighted by atomic mass is 10.1. The summed E-state index contributed by atoms with van der Waals surface area (Å²) < 4.78 is 5.32. The first kappa shape index (κ1) is 13.9. The van der Waals surface area contributed by atoms with E-state index in [2.05, 4.69) is 4.90 Å². The Bertz CT molecular complexity index is 537. The molecule has 112 valence electrons. The average molecular weight is 290 g/mol. The molecule has 0 spiro atoms. The maximum Gasteiger partial charge on any atom is 0.316 e. The van der Waals surface area contributed by atoms with Crippen LogP contribution in [0.5, 0.6) is 0 Å². The Morgan fingerprint density at radius 3 is 2.29 bits per heavy atom. The number of morpholine rings is 1. The number of nitrogens with zero attached hydrogens (tertiary/aromatic N) is 2. The van der Waals surface area contributed by atoms with E-state index in [0.717, 1.165) is 37.7 Å². The van der Waals surface area contributed by atoms with E-state index >= 15 is 0 Å². The summed E-state index contributed by atoms with van der Waals surface area (Å²) in [4.78, 5) is 26.8. The number of carboxylic acid groups (broad SMARTS) is 1. The van der Waals surface area contributed by atoms with Gasteiger partial charge in [0.25, 0.3) is 0 Å².